The average molecular weight is 438 g/mol. The van der Waals surface area contributed by atoms with Crippen molar-refractivity contribution >= 4 is 23.8 Å². The van der Waals surface area contributed by atoms with E-state index in [-0.39, 0.29) is 13.2 Å². The first-order valence-corrected chi connectivity index (χ1v) is 10.3. The third-order valence-corrected chi connectivity index (χ3v) is 5.11. The standard InChI is InChI=1S/C23H26N4O5/c24-19(28)14-25-22(30)20(17-10-5-2-6-11-17)26-21(29)18-12-7-13-27(18)23(31)32-15-16-8-3-1-4-9-16/h1-6,8-11,18,20H,7,12-15H2,(H2,24,28)(H,25,30)(H,26,29)/t18-,20-/m0/s1. The Balaban J connectivity index is 1.66. The van der Waals surface area contributed by atoms with Gasteiger partial charge >= 0.3 is 6.09 Å². The lowest BCUT2D eigenvalue weighted by Gasteiger charge is -2.26. The van der Waals surface area contributed by atoms with Crippen LogP contribution in [0.4, 0.5) is 4.79 Å². The molecule has 32 heavy (non-hydrogen) atoms. The van der Waals surface area contributed by atoms with Gasteiger partial charge < -0.3 is 21.1 Å². The molecule has 0 saturated carbocycles. The molecule has 168 valence electrons. The molecule has 0 aliphatic carbocycles. The number of carbonyl (C=O) groups excluding carboxylic acids is 4. The Kier molecular flexibility index (Phi) is 7.80. The maximum atomic E-state index is 13.0. The summed E-state index contributed by atoms with van der Waals surface area (Å²) >= 11 is 0. The van der Waals surface area contributed by atoms with Crippen molar-refractivity contribution in [1.29, 1.82) is 0 Å². The lowest BCUT2D eigenvalue weighted by Crippen LogP contribution is -2.50. The minimum Gasteiger partial charge on any atom is -0.445 e. The zero-order chi connectivity index (χ0) is 22.9. The van der Waals surface area contributed by atoms with E-state index in [4.69, 9.17) is 10.5 Å². The normalized spacial score (nSPS) is 16.1. The molecule has 0 unspecified atom stereocenters. The van der Waals surface area contributed by atoms with Gasteiger partial charge in [-0.1, -0.05) is 60.7 Å². The molecule has 4 N–H and O–H groups in total. The molecule has 1 fully saturated rings. The van der Waals surface area contributed by atoms with Crippen molar-refractivity contribution in [3.8, 4) is 0 Å². The highest BCUT2D eigenvalue weighted by molar-refractivity contribution is 5.93. The van der Waals surface area contributed by atoms with E-state index in [9.17, 15) is 19.2 Å². The molecule has 4 amide bonds. The Labute approximate surface area is 185 Å². The smallest absolute Gasteiger partial charge is 0.410 e. The molecule has 2 atom stereocenters. The van der Waals surface area contributed by atoms with Crippen molar-refractivity contribution < 1.29 is 23.9 Å². The molecule has 2 aromatic rings. The van der Waals surface area contributed by atoms with Gasteiger partial charge in [0, 0.05) is 6.54 Å². The Morgan fingerprint density at radius 2 is 1.69 bits per heavy atom. The Bertz CT molecular complexity index is 951. The third kappa shape index (κ3) is 6.07. The second-order valence-electron chi connectivity index (χ2n) is 7.43. The zero-order valence-corrected chi connectivity index (χ0v) is 17.5. The Hall–Kier alpha value is -3.88. The number of likely N-dealkylation sites (tertiary alicyclic amines) is 1. The monoisotopic (exact) mass is 438 g/mol. The van der Waals surface area contributed by atoms with Crippen LogP contribution in [0.5, 0.6) is 0 Å². The van der Waals surface area contributed by atoms with Crippen molar-refractivity contribution in [2.24, 2.45) is 5.73 Å². The summed E-state index contributed by atoms with van der Waals surface area (Å²) in [5, 5.41) is 5.12. The van der Waals surface area contributed by atoms with Crippen LogP contribution in [0.15, 0.2) is 60.7 Å². The van der Waals surface area contributed by atoms with E-state index in [2.05, 4.69) is 10.6 Å². The van der Waals surface area contributed by atoms with Crippen molar-refractivity contribution in [1.82, 2.24) is 15.5 Å². The highest BCUT2D eigenvalue weighted by Gasteiger charge is 2.37. The van der Waals surface area contributed by atoms with Crippen LogP contribution in [-0.2, 0) is 25.7 Å². The minimum absolute atomic E-state index is 0.104. The molecule has 3 rings (SSSR count). The number of nitrogens with two attached hydrogens (primary N) is 1. The molecule has 9 heteroatoms. The summed E-state index contributed by atoms with van der Waals surface area (Å²) in [4.78, 5) is 50.7. The predicted octanol–water partition coefficient (Wildman–Crippen LogP) is 1.25. The molecule has 0 aromatic heterocycles. The van der Waals surface area contributed by atoms with Crippen LogP contribution >= 0.6 is 0 Å². The van der Waals surface area contributed by atoms with Gasteiger partial charge in [-0.2, -0.15) is 0 Å². The first-order valence-electron chi connectivity index (χ1n) is 10.3. The van der Waals surface area contributed by atoms with Crippen LogP contribution in [0.2, 0.25) is 0 Å². The number of nitrogens with one attached hydrogen (secondary N) is 2. The van der Waals surface area contributed by atoms with E-state index >= 15 is 0 Å². The number of hydrogen-bond acceptors (Lipinski definition) is 5. The van der Waals surface area contributed by atoms with Gasteiger partial charge in [0.1, 0.15) is 18.7 Å². The van der Waals surface area contributed by atoms with Crippen LogP contribution in [0, 0.1) is 0 Å². The number of rotatable bonds is 8. The predicted molar refractivity (Wildman–Crippen MR) is 116 cm³/mol. The molecule has 9 nitrogen and oxygen atoms in total. The zero-order valence-electron chi connectivity index (χ0n) is 17.5. The lowest BCUT2D eigenvalue weighted by atomic mass is 10.1. The minimum atomic E-state index is -1.04. The highest BCUT2D eigenvalue weighted by Crippen LogP contribution is 2.21. The van der Waals surface area contributed by atoms with E-state index in [1.165, 1.54) is 4.90 Å². The fourth-order valence-electron chi connectivity index (χ4n) is 3.52. The van der Waals surface area contributed by atoms with E-state index in [0.717, 1.165) is 5.56 Å². The van der Waals surface area contributed by atoms with Crippen LogP contribution in [-0.4, -0.2) is 47.8 Å². The van der Waals surface area contributed by atoms with E-state index in [0.29, 0.717) is 24.9 Å². The van der Waals surface area contributed by atoms with Gasteiger partial charge in [0.05, 0.1) is 6.54 Å². The van der Waals surface area contributed by atoms with Gasteiger partial charge in [0.2, 0.25) is 17.7 Å². The molecule has 1 saturated heterocycles. The van der Waals surface area contributed by atoms with Crippen LogP contribution in [0.1, 0.15) is 30.0 Å². The summed E-state index contributed by atoms with van der Waals surface area (Å²) in [6.45, 7) is 0.141. The van der Waals surface area contributed by atoms with E-state index in [1.807, 2.05) is 30.3 Å². The molecule has 0 bridgehead atoms. The van der Waals surface area contributed by atoms with Crippen molar-refractivity contribution in [3.63, 3.8) is 0 Å². The first kappa shape index (κ1) is 22.8. The van der Waals surface area contributed by atoms with Gasteiger partial charge in [-0.15, -0.1) is 0 Å². The Morgan fingerprint density at radius 3 is 2.34 bits per heavy atom. The highest BCUT2D eigenvalue weighted by atomic mass is 16.6. The number of carbonyl (C=O) groups is 4. The lowest BCUT2D eigenvalue weighted by molar-refractivity contribution is -0.132. The average Bonchev–Trinajstić information content (AvgIpc) is 3.31. The van der Waals surface area contributed by atoms with Crippen molar-refractivity contribution in [2.75, 3.05) is 13.1 Å². The number of nitrogens with zero attached hydrogens (tertiary/aromatic N) is 1. The fourth-order valence-corrected chi connectivity index (χ4v) is 3.52. The maximum Gasteiger partial charge on any atom is 0.410 e. The van der Waals surface area contributed by atoms with Gasteiger partial charge in [-0.05, 0) is 24.0 Å². The van der Waals surface area contributed by atoms with E-state index < -0.39 is 35.9 Å². The molecule has 1 heterocycles. The quantitative estimate of drug-likeness (QED) is 0.571. The number of amides is 4. The van der Waals surface area contributed by atoms with E-state index in [1.54, 1.807) is 30.3 Å². The molecule has 1 aliphatic rings. The molecular weight excluding hydrogens is 412 g/mol. The summed E-state index contributed by atoms with van der Waals surface area (Å²) < 4.78 is 5.37. The van der Waals surface area contributed by atoms with Crippen LogP contribution in [0.25, 0.3) is 0 Å². The van der Waals surface area contributed by atoms with Crippen LogP contribution < -0.4 is 16.4 Å². The van der Waals surface area contributed by atoms with Crippen molar-refractivity contribution in [2.45, 2.75) is 31.5 Å². The van der Waals surface area contributed by atoms with Gasteiger partial charge in [-0.3, -0.25) is 19.3 Å². The van der Waals surface area contributed by atoms with Crippen LogP contribution in [0.3, 0.4) is 0 Å². The molecule has 0 radical (unpaired) electrons. The summed E-state index contributed by atoms with van der Waals surface area (Å²) in [5.41, 5.74) is 6.49. The molecule has 1 aliphatic heterocycles. The third-order valence-electron chi connectivity index (χ3n) is 5.11. The Morgan fingerprint density at radius 1 is 1.03 bits per heavy atom. The number of benzene rings is 2. The second-order valence-corrected chi connectivity index (χ2v) is 7.43. The number of hydrogen-bond donors (Lipinski definition) is 3. The van der Waals surface area contributed by atoms with Gasteiger partial charge in [0.15, 0.2) is 0 Å². The van der Waals surface area contributed by atoms with Crippen molar-refractivity contribution in [3.05, 3.63) is 71.8 Å². The second kappa shape index (κ2) is 10.9. The first-order chi connectivity index (χ1) is 15.5. The summed E-state index contributed by atoms with van der Waals surface area (Å²) in [7, 11) is 0. The SMILES string of the molecule is NC(=O)CNC(=O)[C@@H](NC(=O)[C@@H]1CCCN1C(=O)OCc1ccccc1)c1ccccc1. The fraction of sp³-hybridized carbons (Fsp3) is 0.304. The number of primary amides is 1. The van der Waals surface area contributed by atoms with Gasteiger partial charge in [0.25, 0.3) is 0 Å². The summed E-state index contributed by atoms with van der Waals surface area (Å²) in [5.74, 6) is -1.73. The molecule has 0 spiro atoms. The number of ether oxygens (including phenoxy) is 1. The summed E-state index contributed by atoms with van der Waals surface area (Å²) in [6, 6.07) is 16.1. The van der Waals surface area contributed by atoms with Gasteiger partial charge in [-0.25, -0.2) is 4.79 Å². The molecular formula is C23H26N4O5. The topological polar surface area (TPSA) is 131 Å². The largest absolute Gasteiger partial charge is 0.445 e. The molecule has 2 aromatic carbocycles. The maximum absolute atomic E-state index is 13.0. The summed E-state index contributed by atoms with van der Waals surface area (Å²) in [6.07, 6.45) is 0.514.